The van der Waals surface area contributed by atoms with Gasteiger partial charge in [-0.1, -0.05) is 44.4 Å². The molecule has 0 saturated heterocycles. The summed E-state index contributed by atoms with van der Waals surface area (Å²) in [5.74, 6) is 0.948. The van der Waals surface area contributed by atoms with Crippen molar-refractivity contribution in [3.05, 3.63) is 53.6 Å². The van der Waals surface area contributed by atoms with Crippen molar-refractivity contribution in [2.75, 3.05) is 30.3 Å². The number of hydrogen-bond donors (Lipinski definition) is 2. The zero-order valence-electron chi connectivity index (χ0n) is 15.9. The predicted octanol–water partition coefficient (Wildman–Crippen LogP) is 5.79. The Hall–Kier alpha value is -2.16. The molecule has 0 fully saturated rings. The van der Waals surface area contributed by atoms with Crippen molar-refractivity contribution in [3.8, 4) is 5.75 Å². The first-order chi connectivity index (χ1) is 12.2. The summed E-state index contributed by atoms with van der Waals surface area (Å²) in [4.78, 5) is 0. The van der Waals surface area contributed by atoms with Gasteiger partial charge in [-0.05, 0) is 49.6 Å². The smallest absolute Gasteiger partial charge is 0.121 e. The van der Waals surface area contributed by atoms with Gasteiger partial charge in [-0.2, -0.15) is 0 Å². The van der Waals surface area contributed by atoms with Gasteiger partial charge in [0.25, 0.3) is 0 Å². The minimum atomic E-state index is 0.803. The molecule has 0 bridgehead atoms. The van der Waals surface area contributed by atoms with Crippen molar-refractivity contribution < 1.29 is 4.74 Å². The van der Waals surface area contributed by atoms with Crippen LogP contribution in [-0.2, 0) is 0 Å². The summed E-state index contributed by atoms with van der Waals surface area (Å²) in [5.41, 5.74) is 4.96. The van der Waals surface area contributed by atoms with Crippen LogP contribution in [-0.4, -0.2) is 19.7 Å². The molecule has 3 nitrogen and oxygen atoms in total. The first-order valence-corrected chi connectivity index (χ1v) is 9.47. The van der Waals surface area contributed by atoms with Crippen LogP contribution in [0, 0.1) is 13.8 Å². The Morgan fingerprint density at radius 2 is 1.68 bits per heavy atom. The third kappa shape index (κ3) is 6.69. The van der Waals surface area contributed by atoms with E-state index in [2.05, 4.69) is 61.7 Å². The lowest BCUT2D eigenvalue weighted by molar-refractivity contribution is 0.305. The van der Waals surface area contributed by atoms with Gasteiger partial charge >= 0.3 is 0 Å². The van der Waals surface area contributed by atoms with Gasteiger partial charge in [-0.15, -0.1) is 0 Å². The van der Waals surface area contributed by atoms with Crippen LogP contribution >= 0.6 is 0 Å². The molecule has 0 atom stereocenters. The summed E-state index contributed by atoms with van der Waals surface area (Å²) in [6.07, 6.45) is 4.93. The van der Waals surface area contributed by atoms with Crippen LogP contribution in [0.5, 0.6) is 5.75 Å². The van der Waals surface area contributed by atoms with Crippen LogP contribution in [0.1, 0.15) is 43.7 Å². The molecular formula is C22H32N2O. The van der Waals surface area contributed by atoms with Crippen LogP contribution in [0.4, 0.5) is 11.4 Å². The van der Waals surface area contributed by atoms with Crippen LogP contribution in [0.3, 0.4) is 0 Å². The molecule has 0 radical (unpaired) electrons. The molecule has 0 aliphatic rings. The molecular weight excluding hydrogens is 308 g/mol. The fourth-order valence-corrected chi connectivity index (χ4v) is 2.76. The Bertz CT molecular complexity index is 640. The first kappa shape index (κ1) is 19.2. The molecule has 0 spiro atoms. The van der Waals surface area contributed by atoms with Crippen LogP contribution in [0.2, 0.25) is 0 Å². The van der Waals surface area contributed by atoms with Crippen LogP contribution < -0.4 is 15.4 Å². The second kappa shape index (κ2) is 10.7. The average Bonchev–Trinajstić information content (AvgIpc) is 2.62. The van der Waals surface area contributed by atoms with Gasteiger partial charge in [0, 0.05) is 30.5 Å². The van der Waals surface area contributed by atoms with E-state index in [1.54, 1.807) is 0 Å². The minimum absolute atomic E-state index is 0.803. The van der Waals surface area contributed by atoms with E-state index < -0.39 is 0 Å². The van der Waals surface area contributed by atoms with E-state index in [4.69, 9.17) is 4.74 Å². The van der Waals surface area contributed by atoms with Crippen molar-refractivity contribution in [1.29, 1.82) is 0 Å². The minimum Gasteiger partial charge on any atom is -0.494 e. The highest BCUT2D eigenvalue weighted by Gasteiger charge is 2.00. The third-order valence-electron chi connectivity index (χ3n) is 4.47. The second-order valence-electron chi connectivity index (χ2n) is 6.54. The molecule has 0 aromatic heterocycles. The molecule has 136 valence electrons. The van der Waals surface area contributed by atoms with E-state index in [1.165, 1.54) is 36.1 Å². The quantitative estimate of drug-likeness (QED) is 0.508. The summed E-state index contributed by atoms with van der Waals surface area (Å²) in [5, 5.41) is 6.96. The number of nitrogens with one attached hydrogen (secondary N) is 2. The maximum absolute atomic E-state index is 5.84. The number of aryl methyl sites for hydroxylation is 1. The normalized spacial score (nSPS) is 10.5. The molecule has 0 unspecified atom stereocenters. The molecule has 2 aromatic carbocycles. The molecule has 25 heavy (non-hydrogen) atoms. The highest BCUT2D eigenvalue weighted by Crippen LogP contribution is 2.19. The first-order valence-electron chi connectivity index (χ1n) is 9.47. The number of anilines is 2. The van der Waals surface area contributed by atoms with E-state index in [1.807, 2.05) is 12.1 Å². The van der Waals surface area contributed by atoms with E-state index in [0.717, 1.165) is 37.6 Å². The van der Waals surface area contributed by atoms with Gasteiger partial charge in [-0.3, -0.25) is 0 Å². The van der Waals surface area contributed by atoms with Gasteiger partial charge in [0.1, 0.15) is 5.75 Å². The van der Waals surface area contributed by atoms with Gasteiger partial charge in [-0.25, -0.2) is 0 Å². The lowest BCUT2D eigenvalue weighted by atomic mass is 10.1. The SMILES string of the molecule is CCCCCCOc1cccc(NCCNc2cccc(C)c2C)c1. The van der Waals surface area contributed by atoms with Crippen molar-refractivity contribution in [3.63, 3.8) is 0 Å². The maximum atomic E-state index is 5.84. The monoisotopic (exact) mass is 340 g/mol. The zero-order valence-corrected chi connectivity index (χ0v) is 15.9. The molecule has 0 amide bonds. The lowest BCUT2D eigenvalue weighted by Crippen LogP contribution is -2.14. The van der Waals surface area contributed by atoms with Crippen molar-refractivity contribution >= 4 is 11.4 Å². The molecule has 0 aliphatic carbocycles. The Morgan fingerprint density at radius 1 is 0.880 bits per heavy atom. The fourth-order valence-electron chi connectivity index (χ4n) is 2.76. The summed E-state index contributed by atoms with van der Waals surface area (Å²) < 4.78 is 5.84. The van der Waals surface area contributed by atoms with Crippen LogP contribution in [0.15, 0.2) is 42.5 Å². The average molecular weight is 341 g/mol. The Morgan fingerprint density at radius 3 is 2.52 bits per heavy atom. The summed E-state index contributed by atoms with van der Waals surface area (Å²) in [7, 11) is 0. The van der Waals surface area contributed by atoms with E-state index in [0.29, 0.717) is 0 Å². The largest absolute Gasteiger partial charge is 0.494 e. The molecule has 2 rings (SSSR count). The Balaban J connectivity index is 1.72. The van der Waals surface area contributed by atoms with Gasteiger partial charge < -0.3 is 15.4 Å². The highest BCUT2D eigenvalue weighted by atomic mass is 16.5. The second-order valence-corrected chi connectivity index (χ2v) is 6.54. The number of rotatable bonds is 11. The summed E-state index contributed by atoms with van der Waals surface area (Å²) in [6, 6.07) is 14.6. The number of hydrogen-bond acceptors (Lipinski definition) is 3. The van der Waals surface area contributed by atoms with E-state index >= 15 is 0 Å². The Kier molecular flexibility index (Phi) is 8.17. The van der Waals surface area contributed by atoms with Gasteiger partial charge in [0.15, 0.2) is 0 Å². The molecule has 2 aromatic rings. The number of ether oxygens (including phenoxy) is 1. The van der Waals surface area contributed by atoms with Crippen LogP contribution in [0.25, 0.3) is 0 Å². The Labute approximate surface area is 152 Å². The number of benzene rings is 2. The number of unbranched alkanes of at least 4 members (excludes halogenated alkanes) is 3. The predicted molar refractivity (Wildman–Crippen MR) is 109 cm³/mol. The van der Waals surface area contributed by atoms with E-state index in [-0.39, 0.29) is 0 Å². The summed E-state index contributed by atoms with van der Waals surface area (Å²) >= 11 is 0. The van der Waals surface area contributed by atoms with Crippen molar-refractivity contribution in [1.82, 2.24) is 0 Å². The topological polar surface area (TPSA) is 33.3 Å². The third-order valence-corrected chi connectivity index (χ3v) is 4.47. The highest BCUT2D eigenvalue weighted by molar-refractivity contribution is 5.54. The molecule has 0 heterocycles. The van der Waals surface area contributed by atoms with Crippen molar-refractivity contribution in [2.24, 2.45) is 0 Å². The summed E-state index contributed by atoms with van der Waals surface area (Å²) in [6.45, 7) is 9.08. The fraction of sp³-hybridized carbons (Fsp3) is 0.455. The molecule has 3 heteroatoms. The maximum Gasteiger partial charge on any atom is 0.121 e. The standard InChI is InChI=1S/C22H32N2O/c1-4-5-6-7-16-25-21-12-9-11-20(17-21)23-14-15-24-22-13-8-10-18(2)19(22)3/h8-13,17,23-24H,4-7,14-16H2,1-3H3. The van der Waals surface area contributed by atoms with Crippen molar-refractivity contribution in [2.45, 2.75) is 46.5 Å². The molecule has 0 aliphatic heterocycles. The zero-order chi connectivity index (χ0) is 17.9. The van der Waals surface area contributed by atoms with Gasteiger partial charge in [0.05, 0.1) is 6.61 Å². The molecule has 2 N–H and O–H groups in total. The lowest BCUT2D eigenvalue weighted by Gasteiger charge is -2.13. The van der Waals surface area contributed by atoms with E-state index in [9.17, 15) is 0 Å². The van der Waals surface area contributed by atoms with Gasteiger partial charge in [0.2, 0.25) is 0 Å². The molecule has 0 saturated carbocycles.